The van der Waals surface area contributed by atoms with Gasteiger partial charge in [0.1, 0.15) is 11.4 Å². The third-order valence-corrected chi connectivity index (χ3v) is 13.2. The first-order chi connectivity index (χ1) is 25.1. The third kappa shape index (κ3) is 6.13. The predicted octanol–water partition coefficient (Wildman–Crippen LogP) is 6.78. The summed E-state index contributed by atoms with van der Waals surface area (Å²) >= 11 is 0. The van der Waals surface area contributed by atoms with Crippen LogP contribution in [0, 0.1) is 0 Å². The Morgan fingerprint density at radius 2 is 1.75 bits per heavy atom. The number of nitrogens with one attached hydrogen (secondary N) is 1. The molecule has 4 aliphatic rings. The second-order valence-electron chi connectivity index (χ2n) is 14.9. The lowest BCUT2D eigenvalue weighted by Gasteiger charge is -2.31. The molecule has 0 bridgehead atoms. The molecule has 0 radical (unpaired) electrons. The number of carbonyl (C=O) groups excluding carboxylic acids is 2. The Bertz CT molecular complexity index is 2180. The summed E-state index contributed by atoms with van der Waals surface area (Å²) in [6.07, 6.45) is 12.8. The van der Waals surface area contributed by atoms with Gasteiger partial charge in [-0.15, -0.1) is 0 Å². The Labute approximate surface area is 305 Å². The first kappa shape index (κ1) is 34.7. The molecule has 11 nitrogen and oxygen atoms in total. The Morgan fingerprint density at radius 3 is 2.44 bits per heavy atom. The maximum Gasteiger partial charge on any atom is 0.272 e. The fourth-order valence-electron chi connectivity index (χ4n) is 8.30. The zero-order chi connectivity index (χ0) is 36.1. The molecule has 52 heavy (non-hydrogen) atoms. The molecule has 1 N–H and O–H groups in total. The number of sulfonamides is 1. The first-order valence-corrected chi connectivity index (χ1v) is 20.2. The van der Waals surface area contributed by atoms with Gasteiger partial charge in [0, 0.05) is 46.7 Å². The van der Waals surface area contributed by atoms with Gasteiger partial charge in [-0.05, 0) is 99.4 Å². The molecule has 2 aromatic heterocycles. The predicted molar refractivity (Wildman–Crippen MR) is 201 cm³/mol. The summed E-state index contributed by atoms with van der Waals surface area (Å²) in [6, 6.07) is 11.9. The highest BCUT2D eigenvalue weighted by molar-refractivity contribution is 7.90. The van der Waals surface area contributed by atoms with E-state index in [9.17, 15) is 18.0 Å². The molecule has 4 aromatic rings. The maximum atomic E-state index is 14.4. The van der Waals surface area contributed by atoms with Gasteiger partial charge in [-0.1, -0.05) is 25.3 Å². The van der Waals surface area contributed by atoms with Crippen LogP contribution in [0.4, 0.5) is 0 Å². The summed E-state index contributed by atoms with van der Waals surface area (Å²) in [4.78, 5) is 34.8. The lowest BCUT2D eigenvalue weighted by atomic mass is 9.81. The van der Waals surface area contributed by atoms with E-state index in [0.717, 1.165) is 84.0 Å². The normalized spacial score (nSPS) is 18.4. The van der Waals surface area contributed by atoms with Crippen LogP contribution in [-0.2, 0) is 21.3 Å². The number of carbonyl (C=O) groups is 2. The Hall–Kier alpha value is -4.42. The van der Waals surface area contributed by atoms with Gasteiger partial charge in [0.25, 0.3) is 11.8 Å². The van der Waals surface area contributed by atoms with Gasteiger partial charge in [0.2, 0.25) is 10.0 Å². The van der Waals surface area contributed by atoms with Crippen LogP contribution in [-0.4, -0.2) is 77.9 Å². The van der Waals surface area contributed by atoms with Crippen molar-refractivity contribution >= 4 is 44.4 Å². The minimum absolute atomic E-state index is 0.0375. The molecule has 0 spiro atoms. The minimum Gasteiger partial charge on any atom is -0.497 e. The molecule has 1 saturated heterocycles. The number of benzene rings is 2. The zero-order valence-corrected chi connectivity index (χ0v) is 31.0. The summed E-state index contributed by atoms with van der Waals surface area (Å²) in [5.41, 5.74) is 7.61. The quantitative estimate of drug-likeness (QED) is 0.212. The summed E-state index contributed by atoms with van der Waals surface area (Å²) in [7, 11) is -2.17. The maximum absolute atomic E-state index is 14.4. The second kappa shape index (κ2) is 13.9. The Balaban J connectivity index is 1.34. The SMILES string of the molecule is COc1ccc2c(c1)C=C(c1ncn(C3CCC3)c1C(=O)N1CCOCC1)Cn1c-2c(C2CCCCC2)c2ccc(C(=O)NS(=O)(=O)C(C)C)cc21. The van der Waals surface area contributed by atoms with Crippen molar-refractivity contribution in [2.24, 2.45) is 0 Å². The Kier molecular flexibility index (Phi) is 9.23. The van der Waals surface area contributed by atoms with Gasteiger partial charge in [0.15, 0.2) is 0 Å². The van der Waals surface area contributed by atoms with Crippen LogP contribution in [0.25, 0.3) is 33.8 Å². The Morgan fingerprint density at radius 1 is 0.981 bits per heavy atom. The van der Waals surface area contributed by atoms with Crippen molar-refractivity contribution < 1.29 is 27.5 Å². The number of hydrogen-bond donors (Lipinski definition) is 1. The number of fused-ring (bicyclic) bond motifs is 5. The van der Waals surface area contributed by atoms with E-state index in [2.05, 4.69) is 32.1 Å². The number of morpholine rings is 1. The van der Waals surface area contributed by atoms with E-state index in [4.69, 9.17) is 14.5 Å². The minimum atomic E-state index is -3.83. The fourth-order valence-corrected chi connectivity index (χ4v) is 8.91. The van der Waals surface area contributed by atoms with Crippen molar-refractivity contribution in [2.75, 3.05) is 33.4 Å². The number of allylic oxidation sites excluding steroid dienone is 1. The van der Waals surface area contributed by atoms with Crippen LogP contribution in [0.3, 0.4) is 0 Å². The smallest absolute Gasteiger partial charge is 0.272 e. The molecule has 2 aliphatic heterocycles. The van der Waals surface area contributed by atoms with Crippen LogP contribution in [0.2, 0.25) is 0 Å². The number of imidazole rings is 1. The van der Waals surface area contributed by atoms with E-state index >= 15 is 0 Å². The largest absolute Gasteiger partial charge is 0.497 e. The summed E-state index contributed by atoms with van der Waals surface area (Å²) in [6.45, 7) is 5.57. The van der Waals surface area contributed by atoms with Crippen molar-refractivity contribution in [3.05, 3.63) is 70.8 Å². The van der Waals surface area contributed by atoms with Gasteiger partial charge in [-0.3, -0.25) is 9.59 Å². The topological polar surface area (TPSA) is 125 Å². The van der Waals surface area contributed by atoms with Gasteiger partial charge in [-0.25, -0.2) is 18.1 Å². The van der Waals surface area contributed by atoms with Crippen molar-refractivity contribution in [3.8, 4) is 17.0 Å². The summed E-state index contributed by atoms with van der Waals surface area (Å²) in [5.74, 6) is 0.358. The van der Waals surface area contributed by atoms with Crippen molar-refractivity contribution in [2.45, 2.75) is 89.0 Å². The number of amides is 2. The van der Waals surface area contributed by atoms with Crippen LogP contribution < -0.4 is 9.46 Å². The molecule has 2 aromatic carbocycles. The molecule has 274 valence electrons. The van der Waals surface area contributed by atoms with E-state index in [1.807, 2.05) is 29.4 Å². The third-order valence-electron chi connectivity index (χ3n) is 11.5. The number of aromatic nitrogens is 3. The van der Waals surface area contributed by atoms with Gasteiger partial charge < -0.3 is 23.5 Å². The first-order valence-electron chi connectivity index (χ1n) is 18.7. The number of nitrogens with zero attached hydrogens (tertiary/aromatic N) is 4. The highest BCUT2D eigenvalue weighted by Crippen LogP contribution is 2.48. The van der Waals surface area contributed by atoms with Gasteiger partial charge in [0.05, 0.1) is 49.8 Å². The molecule has 2 amide bonds. The zero-order valence-electron chi connectivity index (χ0n) is 30.2. The molecule has 0 unspecified atom stereocenters. The molecule has 12 heteroatoms. The fraction of sp³-hybridized carbons (Fsp3) is 0.475. The molecule has 2 saturated carbocycles. The summed E-state index contributed by atoms with van der Waals surface area (Å²) < 4.78 is 43.4. The van der Waals surface area contributed by atoms with Crippen molar-refractivity contribution in [3.63, 3.8) is 0 Å². The number of rotatable bonds is 8. The van der Waals surface area contributed by atoms with Crippen molar-refractivity contribution in [1.29, 1.82) is 0 Å². The highest BCUT2D eigenvalue weighted by atomic mass is 32.2. The number of hydrogen-bond acceptors (Lipinski definition) is 7. The average molecular weight is 726 g/mol. The monoisotopic (exact) mass is 725 g/mol. The molecule has 0 atom stereocenters. The molecule has 4 heterocycles. The van der Waals surface area contributed by atoms with E-state index in [1.165, 1.54) is 12.0 Å². The van der Waals surface area contributed by atoms with E-state index in [1.54, 1.807) is 27.0 Å². The number of methoxy groups -OCH3 is 1. The lowest BCUT2D eigenvalue weighted by molar-refractivity contribution is 0.0292. The van der Waals surface area contributed by atoms with Gasteiger partial charge in [-0.2, -0.15) is 0 Å². The lowest BCUT2D eigenvalue weighted by Crippen LogP contribution is -2.42. The van der Waals surface area contributed by atoms with Crippen molar-refractivity contribution in [1.82, 2.24) is 23.7 Å². The molecule has 2 aliphatic carbocycles. The molecular formula is C40H47N5O6S. The summed E-state index contributed by atoms with van der Waals surface area (Å²) in [5, 5.41) is 0.302. The van der Waals surface area contributed by atoms with E-state index in [-0.39, 0.29) is 17.5 Å². The number of ether oxygens (including phenoxy) is 2. The molecular weight excluding hydrogens is 679 g/mol. The van der Waals surface area contributed by atoms with Crippen LogP contribution in [0.5, 0.6) is 5.75 Å². The van der Waals surface area contributed by atoms with Crippen LogP contribution in [0.15, 0.2) is 42.7 Å². The van der Waals surface area contributed by atoms with Crippen LogP contribution >= 0.6 is 0 Å². The van der Waals surface area contributed by atoms with Gasteiger partial charge >= 0.3 is 0 Å². The van der Waals surface area contributed by atoms with E-state index in [0.29, 0.717) is 50.2 Å². The second-order valence-corrected chi connectivity index (χ2v) is 17.1. The molecule has 3 fully saturated rings. The molecule has 8 rings (SSSR count). The average Bonchev–Trinajstić information content (AvgIpc) is 3.64. The highest BCUT2D eigenvalue weighted by Gasteiger charge is 2.35. The van der Waals surface area contributed by atoms with Crippen LogP contribution in [0.1, 0.15) is 115 Å². The van der Waals surface area contributed by atoms with E-state index < -0.39 is 21.2 Å². The standard InChI is InChI=1S/C40H47N5O6S/c1-25(2)52(48,49)42-39(46)27-12-14-33-34(22-27)44-23-29(36-38(40(47)43-16-18-51-19-17-43)45(24-41-36)30-10-7-11-30)20-28-21-31(50-3)13-15-32(28)37(44)35(33)26-8-5-4-6-9-26/h12-15,20-22,24-26,30H,4-11,16-19,23H2,1-3H3,(H,42,46).